The molecule has 102 valence electrons. The first kappa shape index (κ1) is 14.0. The van der Waals surface area contributed by atoms with E-state index in [1.165, 1.54) is 16.3 Å². The number of rotatable bonds is 4. The molecule has 0 amide bonds. The molecule has 2 aromatic rings. The molecule has 0 spiro atoms. The number of nitrogens with zero attached hydrogens (tertiary/aromatic N) is 1. The van der Waals surface area contributed by atoms with E-state index in [1.54, 1.807) is 0 Å². The van der Waals surface area contributed by atoms with Crippen molar-refractivity contribution in [3.8, 4) is 0 Å². The van der Waals surface area contributed by atoms with Gasteiger partial charge in [-0.1, -0.05) is 43.3 Å². The van der Waals surface area contributed by atoms with Gasteiger partial charge in [0.25, 0.3) is 0 Å². The van der Waals surface area contributed by atoms with Gasteiger partial charge in [-0.25, -0.2) is 0 Å². The fraction of sp³-hybridized carbons (Fsp3) is 0.412. The SMILES string of the molecule is CCC(C)(C(N)c1ccc2ccccc2c1)N(C)C. The van der Waals surface area contributed by atoms with Crippen LogP contribution >= 0.6 is 0 Å². The molecule has 19 heavy (non-hydrogen) atoms. The molecule has 2 nitrogen and oxygen atoms in total. The van der Waals surface area contributed by atoms with Crippen LogP contribution in [0.25, 0.3) is 10.8 Å². The van der Waals surface area contributed by atoms with E-state index in [4.69, 9.17) is 5.73 Å². The smallest absolute Gasteiger partial charge is 0.0479 e. The van der Waals surface area contributed by atoms with Crippen LogP contribution in [0.3, 0.4) is 0 Å². The van der Waals surface area contributed by atoms with Gasteiger partial charge in [0.1, 0.15) is 0 Å². The maximum absolute atomic E-state index is 6.53. The second kappa shape index (κ2) is 5.32. The monoisotopic (exact) mass is 256 g/mol. The Bertz CT molecular complexity index is 562. The predicted octanol–water partition coefficient (Wildman–Crippen LogP) is 3.57. The number of likely N-dealkylation sites (N-methyl/N-ethyl adjacent to an activating group) is 1. The highest BCUT2D eigenvalue weighted by molar-refractivity contribution is 5.83. The highest BCUT2D eigenvalue weighted by Gasteiger charge is 2.33. The molecule has 2 heteroatoms. The molecule has 2 atom stereocenters. The topological polar surface area (TPSA) is 29.3 Å². The quantitative estimate of drug-likeness (QED) is 0.906. The first-order valence-electron chi connectivity index (χ1n) is 6.90. The molecule has 0 radical (unpaired) electrons. The van der Waals surface area contributed by atoms with Gasteiger partial charge >= 0.3 is 0 Å². The lowest BCUT2D eigenvalue weighted by Gasteiger charge is -2.41. The summed E-state index contributed by atoms with van der Waals surface area (Å²) in [4.78, 5) is 2.23. The van der Waals surface area contributed by atoms with Crippen molar-refractivity contribution in [2.75, 3.05) is 14.1 Å². The third-order valence-electron chi connectivity index (χ3n) is 4.54. The molecular weight excluding hydrogens is 232 g/mol. The first-order chi connectivity index (χ1) is 8.99. The Hall–Kier alpha value is -1.38. The van der Waals surface area contributed by atoms with E-state index in [0.717, 1.165) is 6.42 Å². The Balaban J connectivity index is 2.43. The van der Waals surface area contributed by atoms with E-state index >= 15 is 0 Å². The third kappa shape index (κ3) is 2.51. The van der Waals surface area contributed by atoms with Crippen molar-refractivity contribution in [3.05, 3.63) is 48.0 Å². The molecule has 2 N–H and O–H groups in total. The molecule has 0 aliphatic carbocycles. The van der Waals surface area contributed by atoms with Crippen molar-refractivity contribution < 1.29 is 0 Å². The van der Waals surface area contributed by atoms with Crippen LogP contribution in [-0.4, -0.2) is 24.5 Å². The second-order valence-electron chi connectivity index (χ2n) is 5.69. The van der Waals surface area contributed by atoms with E-state index in [0.29, 0.717) is 0 Å². The van der Waals surface area contributed by atoms with E-state index in [1.807, 2.05) is 0 Å². The van der Waals surface area contributed by atoms with Crippen molar-refractivity contribution in [1.29, 1.82) is 0 Å². The number of fused-ring (bicyclic) bond motifs is 1. The Morgan fingerprint density at radius 2 is 1.74 bits per heavy atom. The normalized spacial score (nSPS) is 16.5. The summed E-state index contributed by atoms with van der Waals surface area (Å²) in [5.41, 5.74) is 7.71. The summed E-state index contributed by atoms with van der Waals surface area (Å²) < 4.78 is 0. The Kier molecular flexibility index (Phi) is 3.93. The molecule has 2 rings (SSSR count). The first-order valence-corrected chi connectivity index (χ1v) is 6.90. The molecule has 0 bridgehead atoms. The van der Waals surface area contributed by atoms with Gasteiger partial charge in [-0.05, 0) is 49.8 Å². The van der Waals surface area contributed by atoms with Gasteiger partial charge in [-0.15, -0.1) is 0 Å². The highest BCUT2D eigenvalue weighted by atomic mass is 15.2. The molecule has 0 heterocycles. The van der Waals surface area contributed by atoms with Crippen molar-refractivity contribution in [3.63, 3.8) is 0 Å². The summed E-state index contributed by atoms with van der Waals surface area (Å²) in [6, 6.07) is 15.0. The van der Waals surface area contributed by atoms with Gasteiger partial charge in [0, 0.05) is 11.6 Å². The summed E-state index contributed by atoms with van der Waals surface area (Å²) in [6.45, 7) is 4.42. The van der Waals surface area contributed by atoms with Crippen molar-refractivity contribution in [2.45, 2.75) is 31.8 Å². The second-order valence-corrected chi connectivity index (χ2v) is 5.69. The van der Waals surface area contributed by atoms with Crippen molar-refractivity contribution >= 4 is 10.8 Å². The van der Waals surface area contributed by atoms with Gasteiger partial charge in [-0.3, -0.25) is 0 Å². The van der Waals surface area contributed by atoms with Crippen molar-refractivity contribution in [2.24, 2.45) is 5.73 Å². The lowest BCUT2D eigenvalue weighted by atomic mass is 9.83. The number of nitrogens with two attached hydrogens (primary N) is 1. The maximum Gasteiger partial charge on any atom is 0.0479 e. The predicted molar refractivity (Wildman–Crippen MR) is 83.3 cm³/mol. The fourth-order valence-electron chi connectivity index (χ4n) is 2.57. The molecule has 0 fully saturated rings. The Morgan fingerprint density at radius 1 is 1.11 bits per heavy atom. The highest BCUT2D eigenvalue weighted by Crippen LogP contribution is 2.32. The summed E-state index contributed by atoms with van der Waals surface area (Å²) in [5.74, 6) is 0. The summed E-state index contributed by atoms with van der Waals surface area (Å²) in [7, 11) is 4.20. The average Bonchev–Trinajstić information content (AvgIpc) is 2.44. The molecule has 0 aromatic heterocycles. The van der Waals surface area contributed by atoms with Crippen LogP contribution in [-0.2, 0) is 0 Å². The lowest BCUT2D eigenvalue weighted by Crippen LogP contribution is -2.49. The molecule has 2 unspecified atom stereocenters. The minimum atomic E-state index is -0.0253. The van der Waals surface area contributed by atoms with Gasteiger partial charge in [0.2, 0.25) is 0 Å². The van der Waals surface area contributed by atoms with Crippen LogP contribution in [0.4, 0.5) is 0 Å². The van der Waals surface area contributed by atoms with Crippen molar-refractivity contribution in [1.82, 2.24) is 4.90 Å². The van der Waals surface area contributed by atoms with Crippen LogP contribution in [0.15, 0.2) is 42.5 Å². The molecule has 0 saturated carbocycles. The van der Waals surface area contributed by atoms with Crippen LogP contribution in [0.5, 0.6) is 0 Å². The minimum absolute atomic E-state index is 0.0112. The summed E-state index contributed by atoms with van der Waals surface area (Å²) in [5, 5.41) is 2.52. The number of hydrogen-bond acceptors (Lipinski definition) is 2. The van der Waals surface area contributed by atoms with Crippen LogP contribution in [0, 0.1) is 0 Å². The van der Waals surface area contributed by atoms with Gasteiger partial charge in [0.05, 0.1) is 0 Å². The van der Waals surface area contributed by atoms with Gasteiger partial charge in [-0.2, -0.15) is 0 Å². The van der Waals surface area contributed by atoms with Gasteiger partial charge in [0.15, 0.2) is 0 Å². The van der Waals surface area contributed by atoms with E-state index < -0.39 is 0 Å². The molecule has 2 aromatic carbocycles. The van der Waals surface area contributed by atoms with E-state index in [-0.39, 0.29) is 11.6 Å². The zero-order valence-corrected chi connectivity index (χ0v) is 12.4. The Morgan fingerprint density at radius 3 is 2.32 bits per heavy atom. The molecule has 0 aliphatic rings. The number of benzene rings is 2. The Labute approximate surface area is 116 Å². The zero-order chi connectivity index (χ0) is 14.0. The fourth-order valence-corrected chi connectivity index (χ4v) is 2.57. The average molecular weight is 256 g/mol. The third-order valence-corrected chi connectivity index (χ3v) is 4.54. The summed E-state index contributed by atoms with van der Waals surface area (Å²) in [6.07, 6.45) is 1.02. The molecule has 0 aliphatic heterocycles. The summed E-state index contributed by atoms with van der Waals surface area (Å²) >= 11 is 0. The molecule has 0 saturated heterocycles. The molecular formula is C17H24N2. The van der Waals surface area contributed by atoms with E-state index in [9.17, 15) is 0 Å². The van der Waals surface area contributed by atoms with Crippen LogP contribution in [0.2, 0.25) is 0 Å². The van der Waals surface area contributed by atoms with Crippen LogP contribution in [0.1, 0.15) is 31.9 Å². The van der Waals surface area contributed by atoms with Gasteiger partial charge < -0.3 is 10.6 Å². The van der Waals surface area contributed by atoms with Crippen LogP contribution < -0.4 is 5.73 Å². The standard InChI is InChI=1S/C17H24N2/c1-5-17(2,19(3)4)16(18)15-11-10-13-8-6-7-9-14(13)12-15/h6-12,16H,5,18H2,1-4H3. The zero-order valence-electron chi connectivity index (χ0n) is 12.4. The number of hydrogen-bond donors (Lipinski definition) is 1. The minimum Gasteiger partial charge on any atom is -0.322 e. The maximum atomic E-state index is 6.53. The van der Waals surface area contributed by atoms with E-state index in [2.05, 4.69) is 75.3 Å². The largest absolute Gasteiger partial charge is 0.322 e. The lowest BCUT2D eigenvalue weighted by molar-refractivity contribution is 0.132.